The Morgan fingerprint density at radius 3 is 2.75 bits per heavy atom. The first-order valence-electron chi connectivity index (χ1n) is 9.81. The Kier molecular flexibility index (Phi) is 6.81. The Hall–Kier alpha value is -3.43. The van der Waals surface area contributed by atoms with Crippen molar-refractivity contribution < 1.29 is 23.1 Å². The molecule has 0 bridgehead atoms. The Bertz CT molecular complexity index is 1310. The minimum absolute atomic E-state index is 0.140. The van der Waals surface area contributed by atoms with Gasteiger partial charge in [0, 0.05) is 36.0 Å². The molecule has 0 amide bonds. The van der Waals surface area contributed by atoms with Crippen LogP contribution in [0.4, 0.5) is 0 Å². The molecule has 8 nitrogen and oxygen atoms in total. The van der Waals surface area contributed by atoms with Crippen molar-refractivity contribution in [1.82, 2.24) is 14.3 Å². The van der Waals surface area contributed by atoms with Crippen LogP contribution in [0.5, 0.6) is 11.6 Å². The number of nitrogens with one attached hydrogen (secondary N) is 1. The first-order chi connectivity index (χ1) is 15.2. The van der Waals surface area contributed by atoms with E-state index in [1.54, 1.807) is 48.2 Å². The highest BCUT2D eigenvalue weighted by atomic mass is 32.2. The molecule has 3 aromatic rings. The first kappa shape index (κ1) is 23.2. The van der Waals surface area contributed by atoms with Gasteiger partial charge in [0.05, 0.1) is 5.75 Å². The Balaban J connectivity index is 2.06. The zero-order valence-electron chi connectivity index (χ0n) is 18.0. The van der Waals surface area contributed by atoms with Crippen LogP contribution in [-0.4, -0.2) is 48.3 Å². The first-order valence-corrected chi connectivity index (χ1v) is 11.5. The molecule has 32 heavy (non-hydrogen) atoms. The summed E-state index contributed by atoms with van der Waals surface area (Å²) < 4.78 is 33.5. The van der Waals surface area contributed by atoms with Gasteiger partial charge in [-0.05, 0) is 42.8 Å². The minimum Gasteiger partial charge on any atom is -0.492 e. The molecule has 0 fully saturated rings. The van der Waals surface area contributed by atoms with E-state index in [-0.39, 0.29) is 30.4 Å². The van der Waals surface area contributed by atoms with Gasteiger partial charge in [0.15, 0.2) is 5.78 Å². The number of sulfonamides is 1. The lowest BCUT2D eigenvalue weighted by atomic mass is 9.96. The summed E-state index contributed by atoms with van der Waals surface area (Å²) in [5, 5.41) is 10.7. The number of carbonyl (C=O) groups excluding carboxylic acids is 1. The molecule has 0 saturated heterocycles. The molecule has 2 aromatic heterocycles. The number of ether oxygens (including phenoxy) is 1. The van der Waals surface area contributed by atoms with Crippen molar-refractivity contribution in [2.75, 3.05) is 19.4 Å². The second kappa shape index (κ2) is 9.37. The summed E-state index contributed by atoms with van der Waals surface area (Å²) in [6.07, 6.45) is 4.77. The number of aromatic hydroxyl groups is 1. The SMILES string of the molecule is C=CC(=C)COc1ccc(CCS(=O)(=O)NC)c(C(=O)c2cn(C)c3c(O)nccc23)c1. The normalized spacial score (nSPS) is 11.4. The number of fused-ring (bicyclic) bond motifs is 1. The number of carbonyl (C=O) groups is 1. The molecule has 3 rings (SSSR count). The highest BCUT2D eigenvalue weighted by Gasteiger charge is 2.22. The smallest absolute Gasteiger partial charge is 0.236 e. The van der Waals surface area contributed by atoms with Crippen LogP contribution < -0.4 is 9.46 Å². The highest BCUT2D eigenvalue weighted by Crippen LogP contribution is 2.30. The van der Waals surface area contributed by atoms with E-state index in [0.29, 0.717) is 38.9 Å². The van der Waals surface area contributed by atoms with Gasteiger partial charge in [-0.2, -0.15) is 0 Å². The molecule has 0 saturated carbocycles. The molecular formula is C23H25N3O5S. The van der Waals surface area contributed by atoms with Gasteiger partial charge >= 0.3 is 0 Å². The zero-order valence-corrected chi connectivity index (χ0v) is 18.8. The number of nitrogens with zero attached hydrogens (tertiary/aromatic N) is 2. The van der Waals surface area contributed by atoms with Crippen molar-refractivity contribution in [3.05, 3.63) is 78.2 Å². The van der Waals surface area contributed by atoms with Crippen LogP contribution >= 0.6 is 0 Å². The van der Waals surface area contributed by atoms with E-state index in [2.05, 4.69) is 22.9 Å². The molecule has 0 aliphatic heterocycles. The van der Waals surface area contributed by atoms with E-state index in [1.165, 1.54) is 13.2 Å². The molecule has 2 heterocycles. The van der Waals surface area contributed by atoms with Crippen LogP contribution in [0.2, 0.25) is 0 Å². The fourth-order valence-corrected chi connectivity index (χ4v) is 4.01. The van der Waals surface area contributed by atoms with Gasteiger partial charge in [0.25, 0.3) is 0 Å². The number of pyridine rings is 1. The number of hydrogen-bond acceptors (Lipinski definition) is 6. The lowest BCUT2D eigenvalue weighted by molar-refractivity contribution is 0.103. The minimum atomic E-state index is -3.46. The van der Waals surface area contributed by atoms with Crippen LogP contribution in [0.3, 0.4) is 0 Å². The van der Waals surface area contributed by atoms with Gasteiger partial charge in [-0.25, -0.2) is 18.1 Å². The lowest BCUT2D eigenvalue weighted by Gasteiger charge is -2.13. The summed E-state index contributed by atoms with van der Waals surface area (Å²) >= 11 is 0. The molecule has 0 atom stereocenters. The number of hydrogen-bond donors (Lipinski definition) is 2. The molecule has 0 spiro atoms. The van der Waals surface area contributed by atoms with E-state index in [4.69, 9.17) is 4.74 Å². The summed E-state index contributed by atoms with van der Waals surface area (Å²) in [7, 11) is -0.398. The van der Waals surface area contributed by atoms with Gasteiger partial charge in [0.2, 0.25) is 15.9 Å². The van der Waals surface area contributed by atoms with Gasteiger partial charge in [0.1, 0.15) is 17.9 Å². The quantitative estimate of drug-likeness (QED) is 0.359. The number of aryl methyl sites for hydroxylation is 2. The number of ketones is 1. The summed E-state index contributed by atoms with van der Waals surface area (Å²) in [5.41, 5.74) is 2.37. The maximum absolute atomic E-state index is 13.6. The Morgan fingerprint density at radius 1 is 1.31 bits per heavy atom. The summed E-state index contributed by atoms with van der Waals surface area (Å²) in [5.74, 6) is -0.214. The maximum Gasteiger partial charge on any atom is 0.236 e. The number of benzene rings is 1. The predicted molar refractivity (Wildman–Crippen MR) is 124 cm³/mol. The van der Waals surface area contributed by atoms with Gasteiger partial charge < -0.3 is 14.4 Å². The molecule has 2 N–H and O–H groups in total. The number of rotatable bonds is 10. The average Bonchev–Trinajstić information content (AvgIpc) is 3.13. The highest BCUT2D eigenvalue weighted by molar-refractivity contribution is 7.89. The van der Waals surface area contributed by atoms with Gasteiger partial charge in [-0.3, -0.25) is 4.79 Å². The molecule has 0 aliphatic carbocycles. The summed E-state index contributed by atoms with van der Waals surface area (Å²) in [6, 6.07) is 6.63. The topological polar surface area (TPSA) is 111 Å². The van der Waals surface area contributed by atoms with E-state index < -0.39 is 10.0 Å². The molecule has 9 heteroatoms. The Morgan fingerprint density at radius 2 is 2.06 bits per heavy atom. The van der Waals surface area contributed by atoms with Crippen LogP contribution in [0, 0.1) is 0 Å². The monoisotopic (exact) mass is 455 g/mol. The van der Waals surface area contributed by atoms with Crippen LogP contribution in [0.1, 0.15) is 21.5 Å². The summed E-state index contributed by atoms with van der Waals surface area (Å²) in [4.78, 5) is 17.5. The standard InChI is InChI=1S/C23H25N3O5S/c1-5-15(2)14-31-17-7-6-16(9-11-32(29,30)24-3)19(12-17)22(27)20-13-26(4)21-18(20)8-10-25-23(21)28/h5-8,10,12-13,24H,1-2,9,11,14H2,3-4H3,(H,25,28). The Labute approximate surface area is 186 Å². The van der Waals surface area contributed by atoms with Crippen molar-refractivity contribution >= 4 is 26.7 Å². The van der Waals surface area contributed by atoms with Crippen LogP contribution in [-0.2, 0) is 23.5 Å². The van der Waals surface area contributed by atoms with Crippen molar-refractivity contribution in [1.29, 1.82) is 0 Å². The largest absolute Gasteiger partial charge is 0.492 e. The van der Waals surface area contributed by atoms with Crippen molar-refractivity contribution in [2.45, 2.75) is 6.42 Å². The molecular weight excluding hydrogens is 430 g/mol. The van der Waals surface area contributed by atoms with Gasteiger partial charge in [-0.15, -0.1) is 0 Å². The zero-order chi connectivity index (χ0) is 23.5. The van der Waals surface area contributed by atoms with E-state index >= 15 is 0 Å². The second-order valence-electron chi connectivity index (χ2n) is 7.26. The molecule has 0 aliphatic rings. The molecule has 0 radical (unpaired) electrons. The second-order valence-corrected chi connectivity index (χ2v) is 9.30. The third-order valence-corrected chi connectivity index (χ3v) is 6.47. The molecule has 0 unspecified atom stereocenters. The lowest BCUT2D eigenvalue weighted by Crippen LogP contribution is -2.23. The van der Waals surface area contributed by atoms with Crippen LogP contribution in [0.15, 0.2) is 61.5 Å². The van der Waals surface area contributed by atoms with E-state index in [0.717, 1.165) is 0 Å². The fraction of sp³-hybridized carbons (Fsp3) is 0.217. The van der Waals surface area contributed by atoms with Crippen LogP contribution in [0.25, 0.3) is 10.9 Å². The van der Waals surface area contributed by atoms with Gasteiger partial charge in [-0.1, -0.05) is 25.3 Å². The van der Waals surface area contributed by atoms with Crippen molar-refractivity contribution in [3.63, 3.8) is 0 Å². The maximum atomic E-state index is 13.6. The fourth-order valence-electron chi connectivity index (χ4n) is 3.32. The third kappa shape index (κ3) is 4.90. The van der Waals surface area contributed by atoms with E-state index in [1.807, 2.05) is 0 Å². The molecule has 1 aromatic carbocycles. The average molecular weight is 456 g/mol. The van der Waals surface area contributed by atoms with Crippen molar-refractivity contribution in [2.24, 2.45) is 7.05 Å². The van der Waals surface area contributed by atoms with Crippen molar-refractivity contribution in [3.8, 4) is 11.6 Å². The number of aromatic nitrogens is 2. The predicted octanol–water partition coefficient (Wildman–Crippen LogP) is 2.72. The molecule has 168 valence electrons. The van der Waals surface area contributed by atoms with E-state index in [9.17, 15) is 18.3 Å². The third-order valence-electron chi connectivity index (χ3n) is 5.11. The summed E-state index contributed by atoms with van der Waals surface area (Å²) in [6.45, 7) is 7.65.